The molecule has 3 nitrogen and oxygen atoms in total. The maximum atomic E-state index is 13.3. The van der Waals surface area contributed by atoms with Crippen LogP contribution in [0.1, 0.15) is 6.42 Å². The van der Waals surface area contributed by atoms with Gasteiger partial charge in [-0.25, -0.2) is 4.39 Å². The summed E-state index contributed by atoms with van der Waals surface area (Å²) in [6.07, 6.45) is -6.33. The molecule has 0 unspecified atom stereocenters. The second-order valence-electron chi connectivity index (χ2n) is 2.94. The molecule has 1 saturated heterocycles. The SMILES string of the molecule is O[P+]1(Cl)OCC(F)(CC(F)(F)F)CO1. The summed E-state index contributed by atoms with van der Waals surface area (Å²) in [4.78, 5) is 8.89. The highest BCUT2D eigenvalue weighted by atomic mass is 35.7. The van der Waals surface area contributed by atoms with Crippen LogP contribution in [0.5, 0.6) is 0 Å². The van der Waals surface area contributed by atoms with Crippen molar-refractivity contribution in [3.63, 3.8) is 0 Å². The Morgan fingerprint density at radius 2 is 1.79 bits per heavy atom. The van der Waals surface area contributed by atoms with Gasteiger partial charge >= 0.3 is 13.5 Å². The Bertz CT molecular complexity index is 212. The number of halogens is 5. The van der Waals surface area contributed by atoms with Crippen LogP contribution >= 0.6 is 18.5 Å². The highest BCUT2D eigenvalue weighted by molar-refractivity contribution is 7.86. The van der Waals surface area contributed by atoms with E-state index in [9.17, 15) is 17.6 Å². The van der Waals surface area contributed by atoms with Gasteiger partial charge in [-0.15, -0.1) is 0 Å². The van der Waals surface area contributed by atoms with E-state index in [1.54, 1.807) is 0 Å². The minimum atomic E-state index is -4.65. The molecule has 0 amide bonds. The molecule has 0 atom stereocenters. The average Bonchev–Trinajstić information content (AvgIpc) is 1.93. The Hall–Kier alpha value is 0.320. The highest BCUT2D eigenvalue weighted by Gasteiger charge is 2.55. The zero-order chi connectivity index (χ0) is 11.0. The molecule has 1 aliphatic heterocycles. The molecule has 0 spiro atoms. The molecule has 0 saturated carbocycles. The topological polar surface area (TPSA) is 38.7 Å². The normalized spacial score (nSPS) is 39.9. The van der Waals surface area contributed by atoms with Crippen molar-refractivity contribution in [1.82, 2.24) is 0 Å². The van der Waals surface area contributed by atoms with Gasteiger partial charge in [-0.05, 0) is 0 Å². The Morgan fingerprint density at radius 3 is 2.14 bits per heavy atom. The molecule has 1 rings (SSSR count). The Kier molecular flexibility index (Phi) is 3.29. The van der Waals surface area contributed by atoms with Crippen LogP contribution in [-0.2, 0) is 9.05 Å². The van der Waals surface area contributed by atoms with Crippen molar-refractivity contribution < 1.29 is 31.5 Å². The third kappa shape index (κ3) is 3.82. The van der Waals surface area contributed by atoms with Gasteiger partial charge in [-0.1, -0.05) is 0 Å². The van der Waals surface area contributed by atoms with Crippen LogP contribution in [0.4, 0.5) is 17.6 Å². The summed E-state index contributed by atoms with van der Waals surface area (Å²) >= 11 is 5.14. The molecule has 0 aliphatic carbocycles. The number of hydrogen-bond donors (Lipinski definition) is 1. The predicted molar refractivity (Wildman–Crippen MR) is 41.4 cm³/mol. The van der Waals surface area contributed by atoms with Gasteiger partial charge in [-0.2, -0.15) is 27.1 Å². The van der Waals surface area contributed by atoms with Crippen molar-refractivity contribution in [2.45, 2.75) is 18.3 Å². The van der Waals surface area contributed by atoms with E-state index >= 15 is 0 Å². The summed E-state index contributed by atoms with van der Waals surface area (Å²) < 4.78 is 57.3. The third-order valence-corrected chi connectivity index (χ3v) is 2.96. The monoisotopic (exact) mass is 257 g/mol. The molecule has 1 aliphatic rings. The fraction of sp³-hybridized carbons (Fsp3) is 1.00. The van der Waals surface area contributed by atoms with Crippen LogP contribution in [0, 0.1) is 0 Å². The lowest BCUT2D eigenvalue weighted by Crippen LogP contribution is -2.42. The Balaban J connectivity index is 2.54. The van der Waals surface area contributed by atoms with Gasteiger partial charge in [0.1, 0.15) is 13.2 Å². The lowest BCUT2D eigenvalue weighted by molar-refractivity contribution is -0.177. The van der Waals surface area contributed by atoms with Crippen LogP contribution in [0.3, 0.4) is 0 Å². The largest absolute Gasteiger partial charge is 0.522 e. The van der Waals surface area contributed by atoms with E-state index in [1.807, 2.05) is 0 Å². The first-order chi connectivity index (χ1) is 6.12. The van der Waals surface area contributed by atoms with Gasteiger partial charge in [0.25, 0.3) is 0 Å². The van der Waals surface area contributed by atoms with Crippen LogP contribution in [0.25, 0.3) is 0 Å². The molecule has 0 radical (unpaired) electrons. The molecule has 14 heavy (non-hydrogen) atoms. The average molecular weight is 258 g/mol. The molecule has 1 N–H and O–H groups in total. The fourth-order valence-corrected chi connectivity index (χ4v) is 2.08. The van der Waals surface area contributed by atoms with Gasteiger partial charge in [0.15, 0.2) is 16.9 Å². The van der Waals surface area contributed by atoms with Crippen molar-refractivity contribution in [2.24, 2.45) is 0 Å². The fourth-order valence-electron chi connectivity index (χ4n) is 0.931. The van der Waals surface area contributed by atoms with E-state index in [2.05, 4.69) is 9.05 Å². The molecule has 0 aromatic carbocycles. The van der Waals surface area contributed by atoms with Gasteiger partial charge < -0.3 is 0 Å². The summed E-state index contributed by atoms with van der Waals surface area (Å²) in [6, 6.07) is 0. The summed E-state index contributed by atoms with van der Waals surface area (Å²) in [5.41, 5.74) is -2.67. The van der Waals surface area contributed by atoms with Crippen molar-refractivity contribution in [1.29, 1.82) is 0 Å². The highest BCUT2D eigenvalue weighted by Crippen LogP contribution is 2.65. The van der Waals surface area contributed by atoms with E-state index in [4.69, 9.17) is 16.1 Å². The first-order valence-electron chi connectivity index (χ1n) is 3.48. The number of rotatable bonds is 1. The molecular weight excluding hydrogens is 250 g/mol. The Labute approximate surface area is 82.3 Å². The summed E-state index contributed by atoms with van der Waals surface area (Å²) in [6.45, 7) is -1.83. The molecular formula is C5H7ClF4O3P+. The standard InChI is InChI=1S/C5H7ClF4O3P/c6-14(11)12-2-4(7,3-13-14)1-5(8,9)10/h11H,1-3H2/q+1. The first-order valence-corrected chi connectivity index (χ1v) is 5.96. The van der Waals surface area contributed by atoms with Gasteiger partial charge in [0, 0.05) is 0 Å². The lowest BCUT2D eigenvalue weighted by atomic mass is 10.0. The van der Waals surface area contributed by atoms with Crippen LogP contribution in [0.2, 0.25) is 0 Å². The van der Waals surface area contributed by atoms with Gasteiger partial charge in [0.05, 0.1) is 6.42 Å². The molecule has 1 heterocycles. The maximum absolute atomic E-state index is 13.3. The second kappa shape index (κ2) is 3.72. The van der Waals surface area contributed by atoms with Crippen molar-refractivity contribution >= 4 is 18.5 Å². The first kappa shape index (κ1) is 12.4. The molecule has 9 heteroatoms. The van der Waals surface area contributed by atoms with Gasteiger partial charge in [0.2, 0.25) is 0 Å². The van der Waals surface area contributed by atoms with E-state index in [0.717, 1.165) is 0 Å². The predicted octanol–water partition coefficient (Wildman–Crippen LogP) is 2.60. The number of hydrogen-bond acceptors (Lipinski definition) is 3. The Morgan fingerprint density at radius 1 is 1.36 bits per heavy atom. The van der Waals surface area contributed by atoms with Crippen molar-refractivity contribution in [3.05, 3.63) is 0 Å². The zero-order valence-corrected chi connectivity index (χ0v) is 8.37. The molecule has 84 valence electrons. The van der Waals surface area contributed by atoms with Crippen molar-refractivity contribution in [2.75, 3.05) is 13.2 Å². The van der Waals surface area contributed by atoms with E-state index in [1.165, 1.54) is 0 Å². The summed E-state index contributed by atoms with van der Waals surface area (Å²) in [5, 5.41) is 0. The van der Waals surface area contributed by atoms with Crippen LogP contribution < -0.4 is 0 Å². The molecule has 0 aromatic rings. The minimum Gasteiger partial charge on any atom is -0.238 e. The molecule has 1 fully saturated rings. The van der Waals surface area contributed by atoms with Crippen LogP contribution in [0.15, 0.2) is 0 Å². The number of alkyl halides is 4. The quantitative estimate of drug-likeness (QED) is 0.580. The molecule has 0 bridgehead atoms. The van der Waals surface area contributed by atoms with E-state index in [0.29, 0.717) is 0 Å². The lowest BCUT2D eigenvalue weighted by Gasteiger charge is -2.28. The van der Waals surface area contributed by atoms with Crippen LogP contribution in [-0.4, -0.2) is 30.0 Å². The van der Waals surface area contributed by atoms with E-state index in [-0.39, 0.29) is 0 Å². The van der Waals surface area contributed by atoms with Crippen molar-refractivity contribution in [3.8, 4) is 0 Å². The smallest absolute Gasteiger partial charge is 0.238 e. The summed E-state index contributed by atoms with van der Waals surface area (Å²) in [7, 11) is -3.62. The molecule has 0 aromatic heterocycles. The summed E-state index contributed by atoms with van der Waals surface area (Å²) in [5.74, 6) is 0. The maximum Gasteiger partial charge on any atom is 0.522 e. The van der Waals surface area contributed by atoms with Gasteiger partial charge in [-0.3, -0.25) is 0 Å². The minimum absolute atomic E-state index is 0.916. The zero-order valence-electron chi connectivity index (χ0n) is 6.72. The second-order valence-corrected chi connectivity index (χ2v) is 5.64. The van der Waals surface area contributed by atoms with E-state index < -0.39 is 38.8 Å². The third-order valence-electron chi connectivity index (χ3n) is 1.48.